The molecule has 2 aliphatic heterocycles. The van der Waals surface area contributed by atoms with Crippen LogP contribution in [0.15, 0.2) is 72.0 Å². The van der Waals surface area contributed by atoms with Crippen molar-refractivity contribution in [1.29, 1.82) is 0 Å². The zero-order valence-corrected chi connectivity index (χ0v) is 24.9. The van der Waals surface area contributed by atoms with Crippen LogP contribution in [0.4, 0.5) is 0 Å². The number of carboxylic acid groups (broad SMARTS) is 1. The molecule has 42 heavy (non-hydrogen) atoms. The number of imidazole rings is 1. The molecule has 1 fully saturated rings. The number of nitrogens with two attached hydrogens (primary N) is 1. The summed E-state index contributed by atoms with van der Waals surface area (Å²) in [7, 11) is 0. The number of pyridine rings is 1. The normalized spacial score (nSPS) is 20.6. The molecular formula is C30H31N5O5S2+2. The number of aliphatic hydroxyl groups is 1. The van der Waals surface area contributed by atoms with E-state index in [0.717, 1.165) is 25.9 Å². The Hall–Kier alpha value is -4.00. The Morgan fingerprint density at radius 1 is 1.12 bits per heavy atom. The van der Waals surface area contributed by atoms with Crippen molar-refractivity contribution >= 4 is 51.3 Å². The summed E-state index contributed by atoms with van der Waals surface area (Å²) in [5.41, 5.74) is 8.74. The molecule has 0 radical (unpaired) electrons. The second-order valence-corrected chi connectivity index (χ2v) is 12.6. The number of carboxylic acids is 1. The number of β-lactam (4-membered cyclic amide) rings is 1. The minimum absolute atomic E-state index is 0.0274. The molecule has 3 aromatic heterocycles. The number of amides is 2. The van der Waals surface area contributed by atoms with Crippen LogP contribution < -0.4 is 14.9 Å². The molecule has 5 heterocycles. The molecule has 12 heteroatoms. The van der Waals surface area contributed by atoms with Crippen LogP contribution in [-0.4, -0.2) is 55.7 Å². The van der Waals surface area contributed by atoms with Crippen LogP contribution in [0.25, 0.3) is 10.4 Å². The molecule has 2 amide bonds. The number of aliphatic carboxylic acids is 1. The fourth-order valence-corrected chi connectivity index (χ4v) is 8.33. The van der Waals surface area contributed by atoms with Crippen LogP contribution in [0, 0.1) is 11.8 Å². The number of rotatable bonds is 9. The molecule has 0 unspecified atom stereocenters. The van der Waals surface area contributed by atoms with Crippen LogP contribution >= 0.6 is 23.1 Å². The van der Waals surface area contributed by atoms with Gasteiger partial charge in [-0.3, -0.25) is 9.59 Å². The smallest absolute Gasteiger partial charge is 0.352 e. The lowest BCUT2D eigenvalue weighted by atomic mass is 9.77. The molecular weight excluding hydrogens is 574 g/mol. The monoisotopic (exact) mass is 605 g/mol. The van der Waals surface area contributed by atoms with E-state index < -0.39 is 23.9 Å². The Balaban J connectivity index is 1.24. The zero-order chi connectivity index (χ0) is 29.9. The summed E-state index contributed by atoms with van der Waals surface area (Å²) in [6.45, 7) is 4.86. The molecule has 4 atom stereocenters. The fraction of sp³-hybridized carbons (Fsp3) is 0.300. The van der Waals surface area contributed by atoms with E-state index in [1.54, 1.807) is 30.8 Å². The van der Waals surface area contributed by atoms with Gasteiger partial charge in [0.05, 0.1) is 28.5 Å². The van der Waals surface area contributed by atoms with Crippen LogP contribution in [-0.2, 0) is 22.7 Å². The number of thiazole rings is 1. The third-order valence-electron chi connectivity index (χ3n) is 8.16. The van der Waals surface area contributed by atoms with E-state index >= 15 is 0 Å². The Morgan fingerprint density at radius 2 is 1.76 bits per heavy atom. The Labute approximate surface area is 250 Å². The highest BCUT2D eigenvalue weighted by molar-refractivity contribution is 7.98. The van der Waals surface area contributed by atoms with E-state index in [4.69, 9.17) is 5.73 Å². The summed E-state index contributed by atoms with van der Waals surface area (Å²) < 4.78 is 6.19. The molecule has 1 saturated heterocycles. The fourth-order valence-electron chi connectivity index (χ4n) is 6.15. The van der Waals surface area contributed by atoms with Gasteiger partial charge in [-0.05, 0) is 18.7 Å². The molecule has 0 saturated carbocycles. The number of fused-ring (bicyclic) bond motifs is 2. The van der Waals surface area contributed by atoms with Crippen molar-refractivity contribution in [3.63, 3.8) is 0 Å². The van der Waals surface area contributed by atoms with Crippen molar-refractivity contribution in [2.75, 3.05) is 6.26 Å². The topological polar surface area (TPSA) is 133 Å². The molecule has 0 aliphatic carbocycles. The molecule has 2 aliphatic rings. The SMILES string of the molecule is CSc1c2sc(C3=C(C(=O)O)N4C(=O)[C@H]([C@@H](C)O)[C@H]4[C@H]3C)cn2c[n+]1Cc1ccc(C[n+]2ccc(C(N)=O)cc2)cc1. The first-order valence-electron chi connectivity index (χ1n) is 13.5. The highest BCUT2D eigenvalue weighted by atomic mass is 32.2. The number of primary amides is 1. The van der Waals surface area contributed by atoms with Gasteiger partial charge in [-0.1, -0.05) is 54.3 Å². The Morgan fingerprint density at radius 3 is 2.33 bits per heavy atom. The van der Waals surface area contributed by atoms with E-state index in [0.29, 0.717) is 24.2 Å². The molecule has 216 valence electrons. The Kier molecular flexibility index (Phi) is 7.16. The predicted molar refractivity (Wildman–Crippen MR) is 157 cm³/mol. The van der Waals surface area contributed by atoms with Crippen LogP contribution in [0.5, 0.6) is 0 Å². The number of carbonyl (C=O) groups excluding carboxylic acids is 2. The highest BCUT2D eigenvalue weighted by Crippen LogP contribution is 2.51. The number of carbonyl (C=O) groups is 3. The maximum atomic E-state index is 12.8. The average Bonchev–Trinajstić information content (AvgIpc) is 3.56. The lowest BCUT2D eigenvalue weighted by Crippen LogP contribution is -2.63. The maximum absolute atomic E-state index is 12.8. The lowest BCUT2D eigenvalue weighted by Gasteiger charge is -2.46. The molecule has 1 aromatic carbocycles. The van der Waals surface area contributed by atoms with Crippen molar-refractivity contribution in [2.45, 2.75) is 44.1 Å². The summed E-state index contributed by atoms with van der Waals surface area (Å²) in [4.78, 5) is 39.5. The second-order valence-electron chi connectivity index (χ2n) is 10.8. The first-order chi connectivity index (χ1) is 20.1. The number of aliphatic hydroxyl groups excluding tert-OH is 1. The van der Waals surface area contributed by atoms with Gasteiger partial charge in [-0.25, -0.2) is 13.9 Å². The highest BCUT2D eigenvalue weighted by Gasteiger charge is 2.60. The van der Waals surface area contributed by atoms with Gasteiger partial charge in [0.1, 0.15) is 18.4 Å². The first kappa shape index (κ1) is 28.1. The van der Waals surface area contributed by atoms with Gasteiger partial charge in [0.25, 0.3) is 6.33 Å². The van der Waals surface area contributed by atoms with Crippen molar-refractivity contribution < 1.29 is 33.7 Å². The van der Waals surface area contributed by atoms with Gasteiger partial charge in [0.2, 0.25) is 21.7 Å². The van der Waals surface area contributed by atoms with Crippen molar-refractivity contribution in [2.24, 2.45) is 17.6 Å². The van der Waals surface area contributed by atoms with Gasteiger partial charge < -0.3 is 20.8 Å². The van der Waals surface area contributed by atoms with Crippen molar-refractivity contribution in [3.05, 3.63) is 88.6 Å². The lowest BCUT2D eigenvalue weighted by molar-refractivity contribution is -0.721. The number of aromatic nitrogens is 3. The van der Waals surface area contributed by atoms with Crippen LogP contribution in [0.3, 0.4) is 0 Å². The molecule has 4 N–H and O–H groups in total. The summed E-state index contributed by atoms with van der Waals surface area (Å²) in [6.07, 6.45) is 8.83. The van der Waals surface area contributed by atoms with Gasteiger partial charge in [0, 0.05) is 29.2 Å². The molecule has 0 bridgehead atoms. The van der Waals surface area contributed by atoms with Gasteiger partial charge in [-0.15, -0.1) is 0 Å². The number of hydrogen-bond acceptors (Lipinski definition) is 6. The van der Waals surface area contributed by atoms with Crippen LogP contribution in [0.2, 0.25) is 0 Å². The summed E-state index contributed by atoms with van der Waals surface area (Å²) in [6, 6.07) is 11.5. The maximum Gasteiger partial charge on any atom is 0.352 e. The third kappa shape index (κ3) is 4.59. The van der Waals surface area contributed by atoms with E-state index in [1.807, 2.05) is 47.1 Å². The van der Waals surface area contributed by atoms with Crippen molar-refractivity contribution in [1.82, 2.24) is 9.30 Å². The number of thioether (sulfide) groups is 1. The average molecular weight is 606 g/mol. The van der Waals surface area contributed by atoms with Crippen molar-refractivity contribution in [3.8, 4) is 0 Å². The van der Waals surface area contributed by atoms with Gasteiger partial charge in [0.15, 0.2) is 18.9 Å². The summed E-state index contributed by atoms with van der Waals surface area (Å²) in [5.74, 6) is -2.70. The predicted octanol–water partition coefficient (Wildman–Crippen LogP) is 2.15. The van der Waals surface area contributed by atoms with Gasteiger partial charge in [-0.2, -0.15) is 4.40 Å². The molecule has 6 rings (SSSR count). The minimum atomic E-state index is -1.13. The zero-order valence-electron chi connectivity index (χ0n) is 23.3. The number of nitrogens with zero attached hydrogens (tertiary/aromatic N) is 4. The van der Waals surface area contributed by atoms with Gasteiger partial charge >= 0.3 is 5.97 Å². The molecule has 0 spiro atoms. The first-order valence-corrected chi connectivity index (χ1v) is 15.6. The van der Waals surface area contributed by atoms with E-state index in [2.05, 4.69) is 28.8 Å². The second kappa shape index (κ2) is 10.7. The minimum Gasteiger partial charge on any atom is -0.477 e. The molecule has 10 nitrogen and oxygen atoms in total. The largest absolute Gasteiger partial charge is 0.477 e. The summed E-state index contributed by atoms with van der Waals surface area (Å²) >= 11 is 3.15. The quantitative estimate of drug-likeness (QED) is 0.152. The van der Waals surface area contributed by atoms with Crippen LogP contribution in [0.1, 0.15) is 40.2 Å². The number of benzene rings is 1. The standard InChI is InChI=1S/C30H29N5O5S2/c1-16-22(25(30(39)40)35-24(16)23(17(2)36)27(35)38)21-14-34-15-33(28(41-3)29(34)42-21)13-19-6-4-18(5-7-19)12-32-10-8-20(9-11-32)26(31)37/h4-11,14-17,23-24,36H,12-13H2,1-3H3,(H-2,31,37,39,40)/p+2/t16-,17+,23+,24+/m0/s1. The number of hydrogen-bond donors (Lipinski definition) is 3. The van der Waals surface area contributed by atoms with E-state index in [-0.39, 0.29) is 23.6 Å². The third-order valence-corrected chi connectivity index (χ3v) is 10.2. The van der Waals surface area contributed by atoms with E-state index in [9.17, 15) is 24.6 Å². The van der Waals surface area contributed by atoms with E-state index in [1.165, 1.54) is 16.2 Å². The Bertz CT molecular complexity index is 1760. The summed E-state index contributed by atoms with van der Waals surface area (Å²) in [5, 5.41) is 21.3. The molecule has 4 aromatic rings.